The molecule has 3 aromatic rings. The van der Waals surface area contributed by atoms with Crippen molar-refractivity contribution in [3.8, 4) is 0 Å². The Bertz CT molecular complexity index is 791. The number of nitrogens with zero attached hydrogens (tertiary/aromatic N) is 3. The first kappa shape index (κ1) is 15.2. The number of benzene rings is 2. The van der Waals surface area contributed by atoms with Crippen LogP contribution in [0.2, 0.25) is 0 Å². The fraction of sp³-hybridized carbons (Fsp3) is 0.211. The van der Waals surface area contributed by atoms with Crippen LogP contribution in [0.5, 0.6) is 0 Å². The zero-order valence-electron chi connectivity index (χ0n) is 13.2. The minimum Gasteiger partial charge on any atom is -0.259 e. The lowest BCUT2D eigenvalue weighted by atomic mass is 10.1. The highest BCUT2D eigenvalue weighted by atomic mass is 15.3. The van der Waals surface area contributed by atoms with Crippen LogP contribution in [0.15, 0.2) is 65.9 Å². The summed E-state index contributed by atoms with van der Waals surface area (Å²) in [5.74, 6) is 0.700. The van der Waals surface area contributed by atoms with Crippen molar-refractivity contribution in [2.24, 2.45) is 5.10 Å². The molecule has 0 aliphatic carbocycles. The summed E-state index contributed by atoms with van der Waals surface area (Å²) in [6, 6.07) is 18.6. The average molecular weight is 304 g/mol. The van der Waals surface area contributed by atoms with E-state index in [4.69, 9.17) is 0 Å². The molecule has 0 saturated heterocycles. The number of aromatic nitrogens is 2. The van der Waals surface area contributed by atoms with Gasteiger partial charge in [-0.05, 0) is 31.7 Å². The number of hydrogen-bond donors (Lipinski definition) is 1. The molecule has 1 N–H and O–H groups in total. The van der Waals surface area contributed by atoms with Crippen LogP contribution in [0.3, 0.4) is 0 Å². The summed E-state index contributed by atoms with van der Waals surface area (Å²) in [6.45, 7) is 2.04. The SMILES string of the molecule is C/C(CCCc1ccccc1)=N\Nc1nncc2ccccc12. The van der Waals surface area contributed by atoms with Crippen molar-refractivity contribution in [2.75, 3.05) is 5.43 Å². The number of nitrogens with one attached hydrogen (secondary N) is 1. The van der Waals surface area contributed by atoms with E-state index >= 15 is 0 Å². The highest BCUT2D eigenvalue weighted by Crippen LogP contribution is 2.19. The van der Waals surface area contributed by atoms with E-state index in [2.05, 4.69) is 45.0 Å². The number of hydrogen-bond acceptors (Lipinski definition) is 4. The van der Waals surface area contributed by atoms with E-state index in [0.29, 0.717) is 5.82 Å². The van der Waals surface area contributed by atoms with Crippen molar-refractivity contribution >= 4 is 22.3 Å². The fourth-order valence-corrected chi connectivity index (χ4v) is 2.51. The first-order valence-corrected chi connectivity index (χ1v) is 7.86. The van der Waals surface area contributed by atoms with Crippen LogP contribution in [-0.4, -0.2) is 15.9 Å². The van der Waals surface area contributed by atoms with E-state index in [9.17, 15) is 0 Å². The van der Waals surface area contributed by atoms with Gasteiger partial charge in [-0.25, -0.2) is 0 Å². The van der Waals surface area contributed by atoms with Gasteiger partial charge < -0.3 is 0 Å². The average Bonchev–Trinajstić information content (AvgIpc) is 2.61. The first-order chi connectivity index (χ1) is 11.3. The van der Waals surface area contributed by atoms with Gasteiger partial charge in [0.25, 0.3) is 0 Å². The molecule has 0 unspecified atom stereocenters. The zero-order valence-corrected chi connectivity index (χ0v) is 13.2. The zero-order chi connectivity index (χ0) is 15.9. The summed E-state index contributed by atoms with van der Waals surface area (Å²) in [4.78, 5) is 0. The third kappa shape index (κ3) is 4.13. The molecule has 0 amide bonds. The summed E-state index contributed by atoms with van der Waals surface area (Å²) in [5, 5.41) is 14.7. The molecule has 0 saturated carbocycles. The molecule has 3 rings (SSSR count). The van der Waals surface area contributed by atoms with Crippen LogP contribution in [0, 0.1) is 0 Å². The highest BCUT2D eigenvalue weighted by Gasteiger charge is 2.02. The van der Waals surface area contributed by atoms with Gasteiger partial charge in [0, 0.05) is 16.5 Å². The summed E-state index contributed by atoms with van der Waals surface area (Å²) in [6.07, 6.45) is 4.88. The molecular formula is C19H20N4. The van der Waals surface area contributed by atoms with Gasteiger partial charge in [0.2, 0.25) is 0 Å². The number of hydrazone groups is 1. The van der Waals surface area contributed by atoms with Crippen molar-refractivity contribution in [2.45, 2.75) is 26.2 Å². The van der Waals surface area contributed by atoms with E-state index in [1.807, 2.05) is 37.3 Å². The van der Waals surface area contributed by atoms with Gasteiger partial charge in [-0.1, -0.05) is 54.6 Å². The van der Waals surface area contributed by atoms with Crippen LogP contribution in [0.25, 0.3) is 10.8 Å². The molecule has 0 spiro atoms. The van der Waals surface area contributed by atoms with Crippen molar-refractivity contribution in [1.29, 1.82) is 0 Å². The monoisotopic (exact) mass is 304 g/mol. The lowest BCUT2D eigenvalue weighted by molar-refractivity contribution is 0.861. The third-order valence-corrected chi connectivity index (χ3v) is 3.77. The van der Waals surface area contributed by atoms with E-state index in [-0.39, 0.29) is 0 Å². The van der Waals surface area contributed by atoms with Crippen molar-refractivity contribution in [1.82, 2.24) is 10.2 Å². The van der Waals surface area contributed by atoms with Crippen molar-refractivity contribution in [3.05, 3.63) is 66.4 Å². The largest absolute Gasteiger partial charge is 0.259 e. The number of aryl methyl sites for hydroxylation is 1. The number of anilines is 1. The third-order valence-electron chi connectivity index (χ3n) is 3.77. The summed E-state index contributed by atoms with van der Waals surface area (Å²) in [7, 11) is 0. The topological polar surface area (TPSA) is 50.2 Å². The minimum atomic E-state index is 0.700. The predicted molar refractivity (Wildman–Crippen MR) is 95.6 cm³/mol. The molecule has 4 nitrogen and oxygen atoms in total. The van der Waals surface area contributed by atoms with Crippen molar-refractivity contribution in [3.63, 3.8) is 0 Å². The molecule has 0 bridgehead atoms. The maximum Gasteiger partial charge on any atom is 0.176 e. The van der Waals surface area contributed by atoms with Gasteiger partial charge in [0.1, 0.15) is 0 Å². The van der Waals surface area contributed by atoms with Gasteiger partial charge >= 0.3 is 0 Å². The van der Waals surface area contributed by atoms with Gasteiger partial charge in [0.05, 0.1) is 6.20 Å². The Labute approximate surface area is 136 Å². The molecule has 1 aromatic heterocycles. The Morgan fingerprint density at radius 1 is 1.04 bits per heavy atom. The summed E-state index contributed by atoms with van der Waals surface area (Å²) >= 11 is 0. The second-order valence-electron chi connectivity index (χ2n) is 5.58. The van der Waals surface area contributed by atoms with Crippen LogP contribution >= 0.6 is 0 Å². The molecule has 1 heterocycles. The molecule has 0 aliphatic heterocycles. The number of fused-ring (bicyclic) bond motifs is 1. The maximum atomic E-state index is 4.44. The lowest BCUT2D eigenvalue weighted by Crippen LogP contribution is -2.01. The van der Waals surface area contributed by atoms with Gasteiger partial charge in [0.15, 0.2) is 5.82 Å². The normalized spacial score (nSPS) is 11.6. The standard InChI is InChI=1S/C19H20N4/c1-15(8-7-11-16-9-3-2-4-10-16)21-23-19-18-13-6-5-12-17(18)14-20-22-19/h2-6,9-10,12-14H,7-8,11H2,1H3,(H,22,23)/b21-15+. The molecule has 4 heteroatoms. The minimum absolute atomic E-state index is 0.700. The Kier molecular flexibility index (Phi) is 4.94. The number of rotatable bonds is 6. The smallest absolute Gasteiger partial charge is 0.176 e. The van der Waals surface area contributed by atoms with Crippen molar-refractivity contribution < 1.29 is 0 Å². The Balaban J connectivity index is 1.58. The van der Waals surface area contributed by atoms with Crippen LogP contribution < -0.4 is 5.43 Å². The predicted octanol–water partition coefficient (Wildman–Crippen LogP) is 4.44. The van der Waals surface area contributed by atoms with E-state index in [0.717, 1.165) is 35.7 Å². The molecule has 0 atom stereocenters. The fourth-order valence-electron chi connectivity index (χ4n) is 2.51. The second kappa shape index (κ2) is 7.49. The molecule has 0 aliphatic rings. The Hall–Kier alpha value is -2.75. The van der Waals surface area contributed by atoms with Crippen LogP contribution in [-0.2, 0) is 6.42 Å². The molecule has 116 valence electrons. The first-order valence-electron chi connectivity index (χ1n) is 7.86. The lowest BCUT2D eigenvalue weighted by Gasteiger charge is -2.05. The summed E-state index contributed by atoms with van der Waals surface area (Å²) < 4.78 is 0. The van der Waals surface area contributed by atoms with Crippen LogP contribution in [0.4, 0.5) is 5.82 Å². The van der Waals surface area contributed by atoms with Gasteiger partial charge in [-0.15, -0.1) is 5.10 Å². The molecule has 0 radical (unpaired) electrons. The molecule has 2 aromatic carbocycles. The van der Waals surface area contributed by atoms with E-state index in [1.54, 1.807) is 6.20 Å². The Morgan fingerprint density at radius 3 is 2.70 bits per heavy atom. The van der Waals surface area contributed by atoms with Crippen LogP contribution in [0.1, 0.15) is 25.3 Å². The van der Waals surface area contributed by atoms with E-state index in [1.165, 1.54) is 5.56 Å². The quantitative estimate of drug-likeness (QED) is 0.541. The molecular weight excluding hydrogens is 284 g/mol. The summed E-state index contributed by atoms with van der Waals surface area (Å²) in [5.41, 5.74) is 5.48. The molecule has 23 heavy (non-hydrogen) atoms. The Morgan fingerprint density at radius 2 is 1.83 bits per heavy atom. The highest BCUT2D eigenvalue weighted by molar-refractivity contribution is 5.91. The second-order valence-corrected chi connectivity index (χ2v) is 5.58. The van der Waals surface area contributed by atoms with E-state index < -0.39 is 0 Å². The maximum absolute atomic E-state index is 4.44. The molecule has 0 fully saturated rings. The van der Waals surface area contributed by atoms with Gasteiger partial charge in [-0.2, -0.15) is 10.2 Å². The van der Waals surface area contributed by atoms with Gasteiger partial charge in [-0.3, -0.25) is 5.43 Å².